The molecule has 182 valence electrons. The molecule has 2 aliphatic heterocycles. The van der Waals surface area contributed by atoms with Gasteiger partial charge in [-0.05, 0) is 50.3 Å². The number of benzene rings is 1. The fraction of sp³-hybridized carbons (Fsp3) is 0.542. The monoisotopic (exact) mass is 462 g/mol. The van der Waals surface area contributed by atoms with Gasteiger partial charge in [0.1, 0.15) is 5.75 Å². The molecule has 2 fully saturated rings. The van der Waals surface area contributed by atoms with Crippen molar-refractivity contribution in [2.75, 3.05) is 45.9 Å². The number of rotatable bonds is 6. The minimum Gasteiger partial charge on any atom is -0.491 e. The van der Waals surface area contributed by atoms with Crippen molar-refractivity contribution in [3.8, 4) is 5.75 Å². The lowest BCUT2D eigenvalue weighted by Crippen LogP contribution is -2.46. The van der Waals surface area contributed by atoms with E-state index in [1.165, 1.54) is 5.56 Å². The van der Waals surface area contributed by atoms with E-state index in [9.17, 15) is 4.79 Å². The van der Waals surface area contributed by atoms with Crippen LogP contribution in [0.25, 0.3) is 6.08 Å². The van der Waals surface area contributed by atoms with Crippen LogP contribution < -0.4 is 4.74 Å². The van der Waals surface area contributed by atoms with Crippen molar-refractivity contribution in [3.05, 3.63) is 35.9 Å². The van der Waals surface area contributed by atoms with Crippen molar-refractivity contribution in [3.63, 3.8) is 0 Å². The Morgan fingerprint density at radius 1 is 1.03 bits per heavy atom. The smallest absolute Gasteiger partial charge is 0.414 e. The number of amides is 1. The first-order valence-corrected chi connectivity index (χ1v) is 11.2. The van der Waals surface area contributed by atoms with Crippen LogP contribution in [0.2, 0.25) is 0 Å². The zero-order valence-corrected chi connectivity index (χ0v) is 19.3. The minimum absolute atomic E-state index is 0.197. The molecule has 0 unspecified atom stereocenters. The average molecular weight is 463 g/mol. The number of carboxylic acids is 2. The van der Waals surface area contributed by atoms with Gasteiger partial charge >= 0.3 is 11.9 Å². The third kappa shape index (κ3) is 10.0. The SMILES string of the molecule is CC(C)Oc1ccc(/C=C/C2CCN(C(=O)CN3CCOCC3)CC2)cc1.O=C(O)C(=O)O. The van der Waals surface area contributed by atoms with Gasteiger partial charge in [-0.3, -0.25) is 9.69 Å². The molecule has 0 aromatic heterocycles. The molecule has 3 rings (SSSR count). The lowest BCUT2D eigenvalue weighted by molar-refractivity contribution is -0.159. The number of hydrogen-bond acceptors (Lipinski definition) is 6. The number of likely N-dealkylation sites (tertiary alicyclic amines) is 1. The maximum Gasteiger partial charge on any atom is 0.414 e. The Bertz CT molecular complexity index is 782. The van der Waals surface area contributed by atoms with Gasteiger partial charge < -0.3 is 24.6 Å². The summed E-state index contributed by atoms with van der Waals surface area (Å²) in [7, 11) is 0. The highest BCUT2D eigenvalue weighted by Gasteiger charge is 2.23. The highest BCUT2D eigenvalue weighted by atomic mass is 16.5. The second-order valence-electron chi connectivity index (χ2n) is 8.31. The average Bonchev–Trinajstić information content (AvgIpc) is 2.79. The Kier molecular flexibility index (Phi) is 10.9. The van der Waals surface area contributed by atoms with Gasteiger partial charge in [0.25, 0.3) is 0 Å². The van der Waals surface area contributed by atoms with Crippen LogP contribution in [0.1, 0.15) is 32.3 Å². The fourth-order valence-electron chi connectivity index (χ4n) is 3.57. The molecule has 1 aromatic carbocycles. The van der Waals surface area contributed by atoms with E-state index in [1.54, 1.807) is 0 Å². The summed E-state index contributed by atoms with van der Waals surface area (Å²) in [6.07, 6.45) is 6.76. The summed E-state index contributed by atoms with van der Waals surface area (Å²) in [5.74, 6) is -1.93. The van der Waals surface area contributed by atoms with Crippen molar-refractivity contribution in [1.82, 2.24) is 9.80 Å². The number of allylic oxidation sites excluding steroid dienone is 1. The molecule has 9 nitrogen and oxygen atoms in total. The maximum atomic E-state index is 12.5. The number of carbonyl (C=O) groups is 3. The van der Waals surface area contributed by atoms with E-state index >= 15 is 0 Å². The molecule has 0 aliphatic carbocycles. The van der Waals surface area contributed by atoms with Crippen LogP contribution >= 0.6 is 0 Å². The van der Waals surface area contributed by atoms with Gasteiger partial charge in [-0.15, -0.1) is 0 Å². The van der Waals surface area contributed by atoms with Crippen LogP contribution in [-0.2, 0) is 19.1 Å². The van der Waals surface area contributed by atoms with Gasteiger partial charge in [0.15, 0.2) is 0 Å². The van der Waals surface area contributed by atoms with Crippen LogP contribution in [0.15, 0.2) is 30.3 Å². The van der Waals surface area contributed by atoms with E-state index in [-0.39, 0.29) is 12.0 Å². The minimum atomic E-state index is -1.82. The standard InChI is InChI=1S/C22H32N2O3.C2H2O4/c1-18(2)27-21-7-5-19(6-8-21)3-4-20-9-11-24(12-10-20)22(25)17-23-13-15-26-16-14-23;3-1(4)2(5)6/h3-8,18,20H,9-17H2,1-2H3;(H,3,4)(H,5,6)/b4-3+;. The third-order valence-electron chi connectivity index (χ3n) is 5.35. The molecule has 1 amide bonds. The first-order chi connectivity index (χ1) is 15.7. The second kappa shape index (κ2) is 13.6. The van der Waals surface area contributed by atoms with Crippen LogP contribution in [0.5, 0.6) is 5.75 Å². The molecule has 2 N–H and O–H groups in total. The van der Waals surface area contributed by atoms with Crippen molar-refractivity contribution in [1.29, 1.82) is 0 Å². The van der Waals surface area contributed by atoms with Gasteiger partial charge in [-0.2, -0.15) is 0 Å². The highest BCUT2D eigenvalue weighted by molar-refractivity contribution is 6.27. The zero-order chi connectivity index (χ0) is 24.2. The predicted octanol–water partition coefficient (Wildman–Crippen LogP) is 2.21. The molecular weight excluding hydrogens is 428 g/mol. The predicted molar refractivity (Wildman–Crippen MR) is 123 cm³/mol. The summed E-state index contributed by atoms with van der Waals surface area (Å²) in [6, 6.07) is 8.23. The number of hydrogen-bond donors (Lipinski definition) is 2. The third-order valence-corrected chi connectivity index (χ3v) is 5.35. The molecule has 1 aromatic rings. The molecule has 33 heavy (non-hydrogen) atoms. The Balaban J connectivity index is 0.000000569. The Hall–Kier alpha value is -2.91. The zero-order valence-electron chi connectivity index (χ0n) is 19.3. The largest absolute Gasteiger partial charge is 0.491 e. The first-order valence-electron chi connectivity index (χ1n) is 11.2. The van der Waals surface area contributed by atoms with Crippen LogP contribution in [0, 0.1) is 5.92 Å². The lowest BCUT2D eigenvalue weighted by atomic mass is 9.95. The summed E-state index contributed by atoms with van der Waals surface area (Å²) >= 11 is 0. The van der Waals surface area contributed by atoms with Crippen molar-refractivity contribution >= 4 is 23.9 Å². The van der Waals surface area contributed by atoms with E-state index in [1.807, 2.05) is 30.9 Å². The molecule has 0 saturated carbocycles. The second-order valence-corrected chi connectivity index (χ2v) is 8.31. The molecule has 0 bridgehead atoms. The van der Waals surface area contributed by atoms with Gasteiger partial charge in [0, 0.05) is 26.2 Å². The van der Waals surface area contributed by atoms with E-state index in [0.717, 1.165) is 58.0 Å². The molecule has 2 heterocycles. The summed E-state index contributed by atoms with van der Waals surface area (Å²) in [5, 5.41) is 14.8. The number of carbonyl (C=O) groups excluding carboxylic acids is 1. The molecule has 0 radical (unpaired) electrons. The molecule has 2 saturated heterocycles. The van der Waals surface area contributed by atoms with Gasteiger partial charge in [-0.1, -0.05) is 24.3 Å². The van der Waals surface area contributed by atoms with Crippen molar-refractivity contribution in [2.24, 2.45) is 5.92 Å². The van der Waals surface area contributed by atoms with Gasteiger partial charge in [0.2, 0.25) is 5.91 Å². The molecule has 0 atom stereocenters. The van der Waals surface area contributed by atoms with Crippen LogP contribution in [-0.4, -0.2) is 89.9 Å². The summed E-state index contributed by atoms with van der Waals surface area (Å²) in [6.45, 7) is 9.54. The molecule has 0 spiro atoms. The number of nitrogens with zero attached hydrogens (tertiary/aromatic N) is 2. The Morgan fingerprint density at radius 2 is 1.61 bits per heavy atom. The van der Waals surface area contributed by atoms with E-state index in [4.69, 9.17) is 29.3 Å². The topological polar surface area (TPSA) is 117 Å². The summed E-state index contributed by atoms with van der Waals surface area (Å²) in [4.78, 5) is 34.9. The normalized spacial score (nSPS) is 17.5. The first kappa shape index (κ1) is 26.3. The van der Waals surface area contributed by atoms with Crippen LogP contribution in [0.4, 0.5) is 0 Å². The molecule has 2 aliphatic rings. The summed E-state index contributed by atoms with van der Waals surface area (Å²) in [5.41, 5.74) is 1.19. The van der Waals surface area contributed by atoms with Crippen molar-refractivity contribution < 1.29 is 34.1 Å². The summed E-state index contributed by atoms with van der Waals surface area (Å²) < 4.78 is 11.0. The molecule has 9 heteroatoms. The van der Waals surface area contributed by atoms with Gasteiger partial charge in [0.05, 0.1) is 25.9 Å². The molecular formula is C24H34N2O7. The Labute approximate surface area is 194 Å². The van der Waals surface area contributed by atoms with E-state index in [2.05, 4.69) is 29.2 Å². The van der Waals surface area contributed by atoms with Crippen molar-refractivity contribution in [2.45, 2.75) is 32.8 Å². The Morgan fingerprint density at radius 3 is 2.12 bits per heavy atom. The fourth-order valence-corrected chi connectivity index (χ4v) is 3.57. The lowest BCUT2D eigenvalue weighted by Gasteiger charge is -2.33. The van der Waals surface area contributed by atoms with E-state index in [0.29, 0.717) is 12.5 Å². The van der Waals surface area contributed by atoms with Crippen LogP contribution in [0.3, 0.4) is 0 Å². The number of aliphatic carboxylic acids is 2. The highest BCUT2D eigenvalue weighted by Crippen LogP contribution is 2.21. The number of ether oxygens (including phenoxy) is 2. The number of morpholine rings is 1. The van der Waals surface area contributed by atoms with E-state index < -0.39 is 11.9 Å². The van der Waals surface area contributed by atoms with Gasteiger partial charge in [-0.25, -0.2) is 9.59 Å². The quantitative estimate of drug-likeness (QED) is 0.618. The number of carboxylic acid groups (broad SMARTS) is 2. The number of piperidine rings is 1. The maximum absolute atomic E-state index is 12.5.